The summed E-state index contributed by atoms with van der Waals surface area (Å²) in [6.07, 6.45) is 2.81. The zero-order chi connectivity index (χ0) is 12.8. The second-order valence-electron chi connectivity index (χ2n) is 4.53. The Bertz CT molecular complexity index is 401. The molecule has 2 nitrogen and oxygen atoms in total. The van der Waals surface area contributed by atoms with Crippen LogP contribution in [-0.4, -0.2) is 5.91 Å². The van der Waals surface area contributed by atoms with E-state index in [-0.39, 0.29) is 5.91 Å². The molecule has 0 aromatic heterocycles. The highest BCUT2D eigenvalue weighted by Gasteiger charge is 2.04. The Hall–Kier alpha value is -1.57. The second kappa shape index (κ2) is 6.24. The van der Waals surface area contributed by atoms with Gasteiger partial charge in [0.05, 0.1) is 0 Å². The van der Waals surface area contributed by atoms with Crippen molar-refractivity contribution in [2.24, 2.45) is 0 Å². The number of amides is 1. The van der Waals surface area contributed by atoms with Crippen molar-refractivity contribution in [2.45, 2.75) is 40.0 Å². The molecule has 0 aliphatic rings. The number of allylic oxidation sites excluding steroid dienone is 1. The number of benzene rings is 1. The van der Waals surface area contributed by atoms with Crippen molar-refractivity contribution in [3.05, 3.63) is 41.5 Å². The summed E-state index contributed by atoms with van der Waals surface area (Å²) in [4.78, 5) is 11.7. The van der Waals surface area contributed by atoms with Gasteiger partial charge in [-0.05, 0) is 37.0 Å². The molecule has 92 valence electrons. The lowest BCUT2D eigenvalue weighted by molar-refractivity contribution is -0.112. The first-order chi connectivity index (χ1) is 8.04. The molecule has 0 radical (unpaired) electrons. The van der Waals surface area contributed by atoms with Gasteiger partial charge in [-0.3, -0.25) is 4.79 Å². The monoisotopic (exact) mass is 231 g/mol. The third kappa shape index (κ3) is 4.06. The van der Waals surface area contributed by atoms with Crippen LogP contribution >= 0.6 is 0 Å². The van der Waals surface area contributed by atoms with Crippen molar-refractivity contribution in [1.82, 2.24) is 0 Å². The number of nitrogens with one attached hydrogen (secondary N) is 1. The van der Waals surface area contributed by atoms with Crippen LogP contribution in [0.3, 0.4) is 0 Å². The summed E-state index contributed by atoms with van der Waals surface area (Å²) in [6.45, 7) is 8.17. The van der Waals surface area contributed by atoms with Gasteiger partial charge in [0, 0.05) is 11.3 Å². The smallest absolute Gasteiger partial charge is 0.250 e. The molecular weight excluding hydrogens is 210 g/mol. The van der Waals surface area contributed by atoms with Crippen molar-refractivity contribution >= 4 is 11.6 Å². The fourth-order valence-electron chi connectivity index (χ4n) is 1.58. The molecule has 1 aromatic rings. The summed E-state index contributed by atoms with van der Waals surface area (Å²) in [6, 6.07) is 8.01. The van der Waals surface area contributed by atoms with Crippen molar-refractivity contribution in [1.29, 1.82) is 0 Å². The van der Waals surface area contributed by atoms with Crippen LogP contribution in [0.1, 0.15) is 45.6 Å². The highest BCUT2D eigenvalue weighted by Crippen LogP contribution is 2.17. The Labute approximate surface area is 104 Å². The van der Waals surface area contributed by atoms with Gasteiger partial charge in [0.2, 0.25) is 0 Å². The fourth-order valence-corrected chi connectivity index (χ4v) is 1.58. The van der Waals surface area contributed by atoms with Crippen molar-refractivity contribution in [2.75, 3.05) is 5.32 Å². The van der Waals surface area contributed by atoms with E-state index >= 15 is 0 Å². The number of rotatable bonds is 4. The quantitative estimate of drug-likeness (QED) is 0.776. The molecule has 17 heavy (non-hydrogen) atoms. The Balaban J connectivity index is 2.70. The molecule has 0 atom stereocenters. The maximum Gasteiger partial charge on any atom is 0.250 e. The van der Waals surface area contributed by atoms with E-state index in [1.165, 1.54) is 5.56 Å². The van der Waals surface area contributed by atoms with E-state index in [9.17, 15) is 4.79 Å². The highest BCUT2D eigenvalue weighted by atomic mass is 16.1. The van der Waals surface area contributed by atoms with E-state index in [0.717, 1.165) is 17.7 Å². The van der Waals surface area contributed by atoms with Gasteiger partial charge in [-0.25, -0.2) is 0 Å². The van der Waals surface area contributed by atoms with Gasteiger partial charge in [-0.15, -0.1) is 0 Å². The van der Waals surface area contributed by atoms with Crippen LogP contribution in [0.2, 0.25) is 0 Å². The van der Waals surface area contributed by atoms with E-state index < -0.39 is 0 Å². The molecule has 1 aromatic carbocycles. The lowest BCUT2D eigenvalue weighted by atomic mass is 10.0. The molecular formula is C15H21NO. The first kappa shape index (κ1) is 13.5. The molecule has 0 unspecified atom stereocenters. The van der Waals surface area contributed by atoms with Gasteiger partial charge >= 0.3 is 0 Å². The molecule has 0 bridgehead atoms. The summed E-state index contributed by atoms with van der Waals surface area (Å²) in [5, 5.41) is 2.89. The predicted molar refractivity (Wildman–Crippen MR) is 73.2 cm³/mol. The normalized spacial score (nSPS) is 11.7. The Morgan fingerprint density at radius 2 is 1.88 bits per heavy atom. The topological polar surface area (TPSA) is 29.1 Å². The Morgan fingerprint density at radius 1 is 1.29 bits per heavy atom. The largest absolute Gasteiger partial charge is 0.322 e. The van der Waals surface area contributed by atoms with E-state index in [0.29, 0.717) is 5.92 Å². The number of carbonyl (C=O) groups is 1. The van der Waals surface area contributed by atoms with E-state index in [2.05, 4.69) is 31.3 Å². The third-order valence-corrected chi connectivity index (χ3v) is 2.70. The zero-order valence-electron chi connectivity index (χ0n) is 11.1. The SMILES string of the molecule is CC/C=C(\C)C(=O)Nc1ccc(C(C)C)cc1. The first-order valence-corrected chi connectivity index (χ1v) is 6.12. The number of anilines is 1. The summed E-state index contributed by atoms with van der Waals surface area (Å²) in [5.74, 6) is 0.491. The minimum atomic E-state index is -0.0239. The van der Waals surface area contributed by atoms with Crippen LogP contribution in [0.15, 0.2) is 35.9 Å². The summed E-state index contributed by atoms with van der Waals surface area (Å²) in [5.41, 5.74) is 2.90. The van der Waals surface area contributed by atoms with Crippen molar-refractivity contribution in [3.63, 3.8) is 0 Å². The lowest BCUT2D eigenvalue weighted by Crippen LogP contribution is -2.12. The molecule has 1 amide bonds. The Kier molecular flexibility index (Phi) is 4.95. The van der Waals surface area contributed by atoms with Gasteiger partial charge in [0.25, 0.3) is 5.91 Å². The molecule has 1 N–H and O–H groups in total. The molecule has 0 heterocycles. The lowest BCUT2D eigenvalue weighted by Gasteiger charge is -2.08. The average Bonchev–Trinajstić information content (AvgIpc) is 2.30. The van der Waals surface area contributed by atoms with Crippen LogP contribution in [0.25, 0.3) is 0 Å². The van der Waals surface area contributed by atoms with Gasteiger partial charge in [-0.2, -0.15) is 0 Å². The van der Waals surface area contributed by atoms with E-state index in [1.807, 2.05) is 32.1 Å². The molecule has 0 saturated heterocycles. The minimum Gasteiger partial charge on any atom is -0.322 e. The summed E-state index contributed by atoms with van der Waals surface area (Å²) >= 11 is 0. The predicted octanol–water partition coefficient (Wildman–Crippen LogP) is 4.10. The molecule has 0 fully saturated rings. The van der Waals surface area contributed by atoms with Gasteiger partial charge in [-0.1, -0.05) is 39.0 Å². The molecule has 0 aliphatic carbocycles. The number of hydrogen-bond donors (Lipinski definition) is 1. The average molecular weight is 231 g/mol. The second-order valence-corrected chi connectivity index (χ2v) is 4.53. The van der Waals surface area contributed by atoms with Crippen LogP contribution in [0, 0.1) is 0 Å². The van der Waals surface area contributed by atoms with E-state index in [1.54, 1.807) is 0 Å². The highest BCUT2D eigenvalue weighted by molar-refractivity contribution is 6.03. The molecule has 0 saturated carbocycles. The first-order valence-electron chi connectivity index (χ1n) is 6.12. The number of carbonyl (C=O) groups excluding carboxylic acids is 1. The molecule has 2 heteroatoms. The molecule has 1 rings (SSSR count). The number of hydrogen-bond acceptors (Lipinski definition) is 1. The van der Waals surface area contributed by atoms with Gasteiger partial charge in [0.15, 0.2) is 0 Å². The van der Waals surface area contributed by atoms with Crippen molar-refractivity contribution < 1.29 is 4.79 Å². The van der Waals surface area contributed by atoms with Crippen LogP contribution < -0.4 is 5.32 Å². The standard InChI is InChI=1S/C15H21NO/c1-5-6-12(4)15(17)16-14-9-7-13(8-10-14)11(2)3/h6-11H,5H2,1-4H3,(H,16,17)/b12-6+. The van der Waals surface area contributed by atoms with Gasteiger partial charge in [0.1, 0.15) is 0 Å². The van der Waals surface area contributed by atoms with Crippen LogP contribution in [-0.2, 0) is 4.79 Å². The maximum absolute atomic E-state index is 11.7. The maximum atomic E-state index is 11.7. The summed E-state index contributed by atoms with van der Waals surface area (Å²) in [7, 11) is 0. The summed E-state index contributed by atoms with van der Waals surface area (Å²) < 4.78 is 0. The third-order valence-electron chi connectivity index (χ3n) is 2.70. The van der Waals surface area contributed by atoms with Gasteiger partial charge < -0.3 is 5.32 Å². The fraction of sp³-hybridized carbons (Fsp3) is 0.400. The minimum absolute atomic E-state index is 0.0239. The molecule has 0 spiro atoms. The molecule has 0 aliphatic heterocycles. The zero-order valence-corrected chi connectivity index (χ0v) is 11.1. The van der Waals surface area contributed by atoms with Crippen LogP contribution in [0.5, 0.6) is 0 Å². The van der Waals surface area contributed by atoms with Crippen LogP contribution in [0.4, 0.5) is 5.69 Å². The van der Waals surface area contributed by atoms with Crippen molar-refractivity contribution in [3.8, 4) is 0 Å². The van der Waals surface area contributed by atoms with E-state index in [4.69, 9.17) is 0 Å². The Morgan fingerprint density at radius 3 is 2.35 bits per heavy atom.